The lowest BCUT2D eigenvalue weighted by Gasteiger charge is -2.20. The molecule has 0 bridgehead atoms. The third kappa shape index (κ3) is 2.94. The summed E-state index contributed by atoms with van der Waals surface area (Å²) in [6.07, 6.45) is 0.765. The minimum atomic E-state index is -3.50. The van der Waals surface area contributed by atoms with Gasteiger partial charge in [0, 0.05) is 13.1 Å². The molecule has 0 atom stereocenters. The molecule has 2 aromatic rings. The van der Waals surface area contributed by atoms with E-state index in [9.17, 15) is 8.42 Å². The molecule has 0 aromatic heterocycles. The van der Waals surface area contributed by atoms with E-state index in [1.807, 2.05) is 55.5 Å². The summed E-state index contributed by atoms with van der Waals surface area (Å²) >= 11 is 0. The van der Waals surface area contributed by atoms with Crippen LogP contribution < -0.4 is 9.03 Å². The van der Waals surface area contributed by atoms with Crippen molar-refractivity contribution in [2.24, 2.45) is 0 Å². The van der Waals surface area contributed by atoms with Gasteiger partial charge in [0.15, 0.2) is 0 Å². The van der Waals surface area contributed by atoms with Gasteiger partial charge in [0.05, 0.1) is 5.69 Å². The number of fused-ring (bicyclic) bond motifs is 1. The molecule has 0 radical (unpaired) electrons. The van der Waals surface area contributed by atoms with Gasteiger partial charge in [0.1, 0.15) is 0 Å². The summed E-state index contributed by atoms with van der Waals surface area (Å²) in [5.74, 6) is 0. The number of anilines is 1. The standard InChI is InChI=1S/C16H18N2O2S/c1-13-6-8-14(9-7-13)12-17-21(19,20)18-11-10-15-4-2-3-5-16(15)18/h2-9,17H,10-12H2,1H3. The van der Waals surface area contributed by atoms with Crippen molar-refractivity contribution in [2.45, 2.75) is 19.9 Å². The second kappa shape index (κ2) is 5.50. The highest BCUT2D eigenvalue weighted by atomic mass is 32.2. The van der Waals surface area contributed by atoms with Gasteiger partial charge in [-0.1, -0.05) is 48.0 Å². The molecule has 1 heterocycles. The van der Waals surface area contributed by atoms with E-state index in [1.165, 1.54) is 4.31 Å². The molecule has 1 N–H and O–H groups in total. The molecular weight excluding hydrogens is 284 g/mol. The van der Waals surface area contributed by atoms with Crippen molar-refractivity contribution in [3.05, 3.63) is 65.2 Å². The Morgan fingerprint density at radius 3 is 2.57 bits per heavy atom. The third-order valence-electron chi connectivity index (χ3n) is 3.71. The van der Waals surface area contributed by atoms with Crippen molar-refractivity contribution in [3.8, 4) is 0 Å². The van der Waals surface area contributed by atoms with Gasteiger partial charge >= 0.3 is 10.2 Å². The molecule has 21 heavy (non-hydrogen) atoms. The molecule has 1 aliphatic heterocycles. The van der Waals surface area contributed by atoms with Crippen LogP contribution in [0, 0.1) is 6.92 Å². The average Bonchev–Trinajstić information content (AvgIpc) is 2.91. The van der Waals surface area contributed by atoms with E-state index >= 15 is 0 Å². The summed E-state index contributed by atoms with van der Waals surface area (Å²) in [7, 11) is -3.50. The Kier molecular flexibility index (Phi) is 3.69. The molecule has 0 saturated carbocycles. The Bertz CT molecular complexity index is 739. The fourth-order valence-electron chi connectivity index (χ4n) is 2.52. The van der Waals surface area contributed by atoms with Gasteiger partial charge < -0.3 is 0 Å². The molecule has 2 aromatic carbocycles. The number of benzene rings is 2. The summed E-state index contributed by atoms with van der Waals surface area (Å²) in [4.78, 5) is 0. The molecule has 0 aliphatic carbocycles. The van der Waals surface area contributed by atoms with Crippen molar-refractivity contribution in [1.29, 1.82) is 0 Å². The molecule has 1 aliphatic rings. The maximum atomic E-state index is 12.5. The first-order chi connectivity index (χ1) is 10.1. The van der Waals surface area contributed by atoms with E-state index in [0.717, 1.165) is 28.8 Å². The number of para-hydroxylation sites is 1. The summed E-state index contributed by atoms with van der Waals surface area (Å²) in [6.45, 7) is 2.82. The summed E-state index contributed by atoms with van der Waals surface area (Å²) in [5, 5.41) is 0. The SMILES string of the molecule is Cc1ccc(CNS(=O)(=O)N2CCc3ccccc32)cc1. The van der Waals surface area contributed by atoms with Crippen LogP contribution in [0.4, 0.5) is 5.69 Å². The maximum absolute atomic E-state index is 12.5. The Hall–Kier alpha value is -1.85. The predicted octanol–water partition coefficient (Wildman–Crippen LogP) is 2.39. The van der Waals surface area contributed by atoms with E-state index in [0.29, 0.717) is 13.1 Å². The highest BCUT2D eigenvalue weighted by molar-refractivity contribution is 7.90. The van der Waals surface area contributed by atoms with Crippen molar-refractivity contribution in [3.63, 3.8) is 0 Å². The number of rotatable bonds is 4. The fraction of sp³-hybridized carbons (Fsp3) is 0.250. The first-order valence-corrected chi connectivity index (χ1v) is 8.41. The van der Waals surface area contributed by atoms with Gasteiger partial charge in [-0.3, -0.25) is 4.31 Å². The Balaban J connectivity index is 1.75. The van der Waals surface area contributed by atoms with Gasteiger partial charge in [-0.2, -0.15) is 13.1 Å². The van der Waals surface area contributed by atoms with E-state index in [4.69, 9.17) is 0 Å². The lowest BCUT2D eigenvalue weighted by Crippen LogP contribution is -2.39. The Labute approximate surface area is 125 Å². The first kappa shape index (κ1) is 14.1. The molecule has 4 nitrogen and oxygen atoms in total. The first-order valence-electron chi connectivity index (χ1n) is 6.97. The molecule has 0 unspecified atom stereocenters. The maximum Gasteiger partial charge on any atom is 0.301 e. The van der Waals surface area contributed by atoms with Crippen LogP contribution in [-0.4, -0.2) is 15.0 Å². The lowest BCUT2D eigenvalue weighted by molar-refractivity contribution is 0.577. The number of nitrogens with zero attached hydrogens (tertiary/aromatic N) is 1. The number of aryl methyl sites for hydroxylation is 1. The number of nitrogens with one attached hydrogen (secondary N) is 1. The van der Waals surface area contributed by atoms with Crippen LogP contribution in [0.5, 0.6) is 0 Å². The van der Waals surface area contributed by atoms with Crippen LogP contribution in [0.15, 0.2) is 48.5 Å². The molecule has 0 fully saturated rings. The second-order valence-electron chi connectivity index (χ2n) is 5.26. The van der Waals surface area contributed by atoms with Crippen LogP contribution >= 0.6 is 0 Å². The van der Waals surface area contributed by atoms with Gasteiger partial charge in [-0.15, -0.1) is 0 Å². The van der Waals surface area contributed by atoms with Crippen LogP contribution in [0.1, 0.15) is 16.7 Å². The molecule has 5 heteroatoms. The molecule has 0 spiro atoms. The topological polar surface area (TPSA) is 49.4 Å². The molecule has 0 saturated heterocycles. The predicted molar refractivity (Wildman–Crippen MR) is 84.4 cm³/mol. The monoisotopic (exact) mass is 302 g/mol. The summed E-state index contributed by atoms with van der Waals surface area (Å²) < 4.78 is 29.0. The van der Waals surface area contributed by atoms with Crippen LogP contribution in [0.3, 0.4) is 0 Å². The number of hydrogen-bond donors (Lipinski definition) is 1. The zero-order valence-electron chi connectivity index (χ0n) is 11.9. The normalized spacial score (nSPS) is 14.2. The lowest BCUT2D eigenvalue weighted by atomic mass is 10.2. The highest BCUT2D eigenvalue weighted by Gasteiger charge is 2.28. The largest absolute Gasteiger partial charge is 0.301 e. The quantitative estimate of drug-likeness (QED) is 0.943. The Morgan fingerprint density at radius 1 is 1.10 bits per heavy atom. The minimum Gasteiger partial charge on any atom is -0.257 e. The second-order valence-corrected chi connectivity index (χ2v) is 6.94. The summed E-state index contributed by atoms with van der Waals surface area (Å²) in [6, 6.07) is 15.5. The van der Waals surface area contributed by atoms with Crippen molar-refractivity contribution in [1.82, 2.24) is 4.72 Å². The van der Waals surface area contributed by atoms with Crippen molar-refractivity contribution in [2.75, 3.05) is 10.8 Å². The zero-order chi connectivity index (χ0) is 14.9. The van der Waals surface area contributed by atoms with E-state index in [-0.39, 0.29) is 0 Å². The van der Waals surface area contributed by atoms with Crippen molar-refractivity contribution < 1.29 is 8.42 Å². The summed E-state index contributed by atoms with van der Waals surface area (Å²) in [5.41, 5.74) is 3.99. The molecular formula is C16H18N2O2S. The van der Waals surface area contributed by atoms with Crippen LogP contribution in [0.25, 0.3) is 0 Å². The van der Waals surface area contributed by atoms with Crippen LogP contribution in [0.2, 0.25) is 0 Å². The minimum absolute atomic E-state index is 0.307. The fourth-order valence-corrected chi connectivity index (χ4v) is 3.79. The van der Waals surface area contributed by atoms with E-state index in [2.05, 4.69) is 4.72 Å². The smallest absolute Gasteiger partial charge is 0.257 e. The number of hydrogen-bond acceptors (Lipinski definition) is 2. The molecule has 3 rings (SSSR count). The van der Waals surface area contributed by atoms with Gasteiger partial charge in [-0.25, -0.2) is 0 Å². The highest BCUT2D eigenvalue weighted by Crippen LogP contribution is 2.29. The van der Waals surface area contributed by atoms with E-state index in [1.54, 1.807) is 0 Å². The van der Waals surface area contributed by atoms with Crippen molar-refractivity contribution >= 4 is 15.9 Å². The van der Waals surface area contributed by atoms with Gasteiger partial charge in [-0.05, 0) is 30.5 Å². The zero-order valence-corrected chi connectivity index (χ0v) is 12.7. The average molecular weight is 302 g/mol. The molecule has 0 amide bonds. The van der Waals surface area contributed by atoms with Gasteiger partial charge in [0.2, 0.25) is 0 Å². The Morgan fingerprint density at radius 2 is 1.81 bits per heavy atom. The molecule has 110 valence electrons. The third-order valence-corrected chi connectivity index (χ3v) is 5.18. The van der Waals surface area contributed by atoms with Gasteiger partial charge in [0.25, 0.3) is 0 Å². The van der Waals surface area contributed by atoms with E-state index < -0.39 is 10.2 Å². The van der Waals surface area contributed by atoms with Crippen LogP contribution in [-0.2, 0) is 23.2 Å².